The molecule has 0 spiro atoms. The molecule has 1 aliphatic carbocycles. The Morgan fingerprint density at radius 3 is 2.36 bits per heavy atom. The zero-order valence-corrected chi connectivity index (χ0v) is 20.9. The van der Waals surface area contributed by atoms with Crippen molar-refractivity contribution in [1.82, 2.24) is 5.32 Å². The number of methoxy groups -OCH3 is 2. The zero-order valence-electron chi connectivity index (χ0n) is 20.9. The minimum absolute atomic E-state index is 0.0775. The molecule has 0 bridgehead atoms. The van der Waals surface area contributed by atoms with Gasteiger partial charge in [0.05, 0.1) is 27.1 Å². The molecule has 4 rings (SSSR count). The van der Waals surface area contributed by atoms with Gasteiger partial charge in [0.25, 0.3) is 5.91 Å². The molecular formula is C28H32N2O6. The molecule has 0 radical (unpaired) electrons. The van der Waals surface area contributed by atoms with Crippen molar-refractivity contribution in [2.24, 2.45) is 0 Å². The Balaban J connectivity index is 1.82. The van der Waals surface area contributed by atoms with Crippen molar-refractivity contribution in [3.8, 4) is 17.2 Å². The highest BCUT2D eigenvalue weighted by Crippen LogP contribution is 2.37. The van der Waals surface area contributed by atoms with Crippen LogP contribution in [0.5, 0.6) is 17.2 Å². The Labute approximate surface area is 211 Å². The highest BCUT2D eigenvalue weighted by molar-refractivity contribution is 6.08. The van der Waals surface area contributed by atoms with Gasteiger partial charge in [0.2, 0.25) is 5.91 Å². The van der Waals surface area contributed by atoms with Gasteiger partial charge in [-0.05, 0) is 61.7 Å². The van der Waals surface area contributed by atoms with E-state index in [2.05, 4.69) is 5.32 Å². The lowest BCUT2D eigenvalue weighted by atomic mass is 10.0. The Bertz CT molecular complexity index is 1150. The molecule has 0 saturated heterocycles. The van der Waals surface area contributed by atoms with Crippen molar-refractivity contribution in [2.45, 2.75) is 44.7 Å². The van der Waals surface area contributed by atoms with E-state index in [1.807, 2.05) is 19.1 Å². The minimum Gasteiger partial charge on any atom is -0.494 e. The van der Waals surface area contributed by atoms with E-state index in [4.69, 9.17) is 18.6 Å². The van der Waals surface area contributed by atoms with Crippen molar-refractivity contribution >= 4 is 17.5 Å². The van der Waals surface area contributed by atoms with Gasteiger partial charge in [-0.2, -0.15) is 0 Å². The summed E-state index contributed by atoms with van der Waals surface area (Å²) in [6.45, 7) is 2.44. The lowest BCUT2D eigenvalue weighted by Crippen LogP contribution is -2.46. The lowest BCUT2D eigenvalue weighted by molar-refractivity contribution is -0.123. The maximum Gasteiger partial charge on any atom is 0.294 e. The number of carbonyl (C=O) groups excluding carboxylic acids is 2. The molecular weight excluding hydrogens is 460 g/mol. The topological polar surface area (TPSA) is 90.2 Å². The summed E-state index contributed by atoms with van der Waals surface area (Å²) in [5, 5.41) is 3.17. The van der Waals surface area contributed by atoms with E-state index < -0.39 is 11.9 Å². The molecule has 0 aliphatic heterocycles. The second-order valence-corrected chi connectivity index (χ2v) is 8.59. The quantitative estimate of drug-likeness (QED) is 0.421. The minimum atomic E-state index is -0.961. The monoisotopic (exact) mass is 492 g/mol. The number of hydrogen-bond donors (Lipinski definition) is 1. The number of benzene rings is 2. The first-order chi connectivity index (χ1) is 17.5. The Kier molecular flexibility index (Phi) is 8.15. The van der Waals surface area contributed by atoms with Crippen LogP contribution in [0, 0.1) is 0 Å². The molecule has 1 heterocycles. The lowest BCUT2D eigenvalue weighted by Gasteiger charge is -2.32. The largest absolute Gasteiger partial charge is 0.494 e. The van der Waals surface area contributed by atoms with Crippen LogP contribution in [0.25, 0.3) is 0 Å². The number of carbonyl (C=O) groups is 2. The van der Waals surface area contributed by atoms with Crippen molar-refractivity contribution in [3.63, 3.8) is 0 Å². The third kappa shape index (κ3) is 5.48. The van der Waals surface area contributed by atoms with Crippen LogP contribution in [0.4, 0.5) is 5.69 Å². The first-order valence-corrected chi connectivity index (χ1v) is 12.2. The molecule has 1 atom stereocenters. The third-order valence-corrected chi connectivity index (χ3v) is 6.31. The van der Waals surface area contributed by atoms with E-state index in [9.17, 15) is 9.59 Å². The van der Waals surface area contributed by atoms with Gasteiger partial charge in [0.1, 0.15) is 11.8 Å². The van der Waals surface area contributed by atoms with Gasteiger partial charge in [0.15, 0.2) is 17.3 Å². The standard InChI is InChI=1S/C28H32N2O6/c1-4-35-22-14-11-19(12-15-22)26(27(31)29-20-8-5-6-9-20)30(28(32)24-10-7-17-36-24)21-13-16-23(33-2)25(18-21)34-3/h7,10-18,20,26H,4-6,8-9H2,1-3H3,(H,29,31). The molecule has 2 aromatic carbocycles. The fourth-order valence-corrected chi connectivity index (χ4v) is 4.56. The summed E-state index contributed by atoms with van der Waals surface area (Å²) in [4.78, 5) is 29.1. The number of nitrogens with zero attached hydrogens (tertiary/aromatic N) is 1. The second kappa shape index (κ2) is 11.7. The summed E-state index contributed by atoms with van der Waals surface area (Å²) < 4.78 is 21.9. The van der Waals surface area contributed by atoms with Gasteiger partial charge >= 0.3 is 0 Å². The summed E-state index contributed by atoms with van der Waals surface area (Å²) in [6.07, 6.45) is 5.42. The molecule has 8 heteroatoms. The Morgan fingerprint density at radius 2 is 1.75 bits per heavy atom. The van der Waals surface area contributed by atoms with Gasteiger partial charge in [-0.15, -0.1) is 0 Å². The van der Waals surface area contributed by atoms with Gasteiger partial charge in [0, 0.05) is 17.8 Å². The Morgan fingerprint density at radius 1 is 1.03 bits per heavy atom. The normalized spacial score (nSPS) is 14.2. The maximum atomic E-state index is 13.9. The average Bonchev–Trinajstić information content (AvgIpc) is 3.62. The second-order valence-electron chi connectivity index (χ2n) is 8.59. The average molecular weight is 493 g/mol. The SMILES string of the molecule is CCOc1ccc(C(C(=O)NC2CCCC2)N(C(=O)c2ccco2)c2ccc(OC)c(OC)c2)cc1. The van der Waals surface area contributed by atoms with Crippen LogP contribution in [-0.2, 0) is 4.79 Å². The van der Waals surface area contributed by atoms with Gasteiger partial charge in [-0.1, -0.05) is 25.0 Å². The molecule has 1 aromatic heterocycles. The first kappa shape index (κ1) is 25.2. The number of nitrogens with one attached hydrogen (secondary N) is 1. The third-order valence-electron chi connectivity index (χ3n) is 6.31. The summed E-state index contributed by atoms with van der Waals surface area (Å²) in [5.74, 6) is 1.04. The number of rotatable bonds is 10. The molecule has 1 fully saturated rings. The molecule has 2 amide bonds. The molecule has 1 N–H and O–H groups in total. The molecule has 1 aliphatic rings. The summed E-state index contributed by atoms with van der Waals surface area (Å²) >= 11 is 0. The summed E-state index contributed by atoms with van der Waals surface area (Å²) in [5.41, 5.74) is 1.11. The molecule has 1 unspecified atom stereocenters. The van der Waals surface area contributed by atoms with Crippen LogP contribution in [0.3, 0.4) is 0 Å². The molecule has 190 valence electrons. The highest BCUT2D eigenvalue weighted by atomic mass is 16.5. The number of ether oxygens (including phenoxy) is 3. The Hall–Kier alpha value is -3.94. The van der Waals surface area contributed by atoms with Crippen molar-refractivity contribution in [3.05, 3.63) is 72.2 Å². The van der Waals surface area contributed by atoms with Crippen LogP contribution in [0.15, 0.2) is 65.3 Å². The smallest absolute Gasteiger partial charge is 0.294 e. The number of furan rings is 1. The van der Waals surface area contributed by atoms with Crippen molar-refractivity contribution in [1.29, 1.82) is 0 Å². The maximum absolute atomic E-state index is 13.9. The highest BCUT2D eigenvalue weighted by Gasteiger charge is 2.36. The number of anilines is 1. The van der Waals surface area contributed by atoms with E-state index in [1.165, 1.54) is 18.3 Å². The van der Waals surface area contributed by atoms with E-state index in [-0.39, 0.29) is 17.7 Å². The first-order valence-electron chi connectivity index (χ1n) is 12.2. The van der Waals surface area contributed by atoms with Crippen LogP contribution in [0.1, 0.15) is 54.8 Å². The zero-order chi connectivity index (χ0) is 25.5. The summed E-state index contributed by atoms with van der Waals surface area (Å²) in [6, 6.07) is 14.7. The van der Waals surface area contributed by atoms with Crippen molar-refractivity contribution < 1.29 is 28.2 Å². The van der Waals surface area contributed by atoms with Gasteiger partial charge in [-0.25, -0.2) is 0 Å². The molecule has 8 nitrogen and oxygen atoms in total. The van der Waals surface area contributed by atoms with Crippen LogP contribution >= 0.6 is 0 Å². The van der Waals surface area contributed by atoms with E-state index in [1.54, 1.807) is 49.6 Å². The van der Waals surface area contributed by atoms with E-state index in [0.717, 1.165) is 25.7 Å². The summed E-state index contributed by atoms with van der Waals surface area (Å²) in [7, 11) is 3.07. The van der Waals surface area contributed by atoms with E-state index in [0.29, 0.717) is 35.1 Å². The van der Waals surface area contributed by atoms with Crippen LogP contribution in [-0.4, -0.2) is 38.7 Å². The fourth-order valence-electron chi connectivity index (χ4n) is 4.56. The predicted octanol–water partition coefficient (Wildman–Crippen LogP) is 5.14. The van der Waals surface area contributed by atoms with Crippen molar-refractivity contribution in [2.75, 3.05) is 25.7 Å². The van der Waals surface area contributed by atoms with E-state index >= 15 is 0 Å². The van der Waals surface area contributed by atoms with Gasteiger partial charge < -0.3 is 23.9 Å². The molecule has 36 heavy (non-hydrogen) atoms. The fraction of sp³-hybridized carbons (Fsp3) is 0.357. The molecule has 3 aromatic rings. The number of amides is 2. The predicted molar refractivity (Wildman–Crippen MR) is 136 cm³/mol. The van der Waals surface area contributed by atoms with Crippen LogP contribution in [0.2, 0.25) is 0 Å². The molecule has 1 saturated carbocycles. The number of hydrogen-bond acceptors (Lipinski definition) is 6. The van der Waals surface area contributed by atoms with Crippen LogP contribution < -0.4 is 24.4 Å². The van der Waals surface area contributed by atoms with Gasteiger partial charge in [-0.3, -0.25) is 14.5 Å².